The highest BCUT2D eigenvalue weighted by Crippen LogP contribution is 2.51. The van der Waals surface area contributed by atoms with Crippen LogP contribution in [0.5, 0.6) is 0 Å². The van der Waals surface area contributed by atoms with E-state index in [-0.39, 0.29) is 36.2 Å². The van der Waals surface area contributed by atoms with Gasteiger partial charge < -0.3 is 10.0 Å². The molecule has 3 nitrogen and oxygen atoms in total. The number of carbonyl (C=O) groups is 1. The lowest BCUT2D eigenvalue weighted by Gasteiger charge is -2.36. The van der Waals surface area contributed by atoms with Gasteiger partial charge in [-0.3, -0.25) is 4.79 Å². The van der Waals surface area contributed by atoms with Crippen LogP contribution >= 0.6 is 11.6 Å². The number of aliphatic hydroxyl groups is 1. The maximum atomic E-state index is 14.0. The Balaban J connectivity index is 1.72. The van der Waals surface area contributed by atoms with Crippen LogP contribution in [-0.2, 0) is 4.79 Å². The van der Waals surface area contributed by atoms with Crippen molar-refractivity contribution in [2.75, 3.05) is 13.2 Å². The van der Waals surface area contributed by atoms with Crippen LogP contribution in [0.15, 0.2) is 18.2 Å². The largest absolute Gasteiger partial charge is 0.396 e. The maximum Gasteiger partial charge on any atom is 0.226 e. The first-order valence-corrected chi connectivity index (χ1v) is 8.36. The van der Waals surface area contributed by atoms with Gasteiger partial charge in [0.1, 0.15) is 5.82 Å². The molecule has 1 amide bonds. The van der Waals surface area contributed by atoms with Crippen molar-refractivity contribution >= 4 is 17.5 Å². The standard InChI is InChI=1S/C17H21ClFNO2/c18-14-5-3-6-15(19)16(14)12-10-13(12)17(22)20-8-2-1-4-11(20)7-9-21/h3,5-6,11-13,21H,1-2,4,7-10H2. The smallest absolute Gasteiger partial charge is 0.226 e. The summed E-state index contributed by atoms with van der Waals surface area (Å²) in [5.74, 6) is -0.479. The first-order valence-electron chi connectivity index (χ1n) is 7.98. The van der Waals surface area contributed by atoms with Gasteiger partial charge in [-0.05, 0) is 44.2 Å². The molecule has 5 heteroatoms. The van der Waals surface area contributed by atoms with Gasteiger partial charge in [-0.1, -0.05) is 17.7 Å². The topological polar surface area (TPSA) is 40.5 Å². The lowest BCUT2D eigenvalue weighted by Crippen LogP contribution is -2.45. The van der Waals surface area contributed by atoms with Gasteiger partial charge >= 0.3 is 0 Å². The molecule has 2 fully saturated rings. The number of hydrogen-bond acceptors (Lipinski definition) is 2. The molecule has 2 aliphatic rings. The molecule has 1 saturated carbocycles. The van der Waals surface area contributed by atoms with Gasteiger partial charge in [-0.15, -0.1) is 0 Å². The second kappa shape index (κ2) is 6.55. The Morgan fingerprint density at radius 1 is 1.41 bits per heavy atom. The zero-order valence-electron chi connectivity index (χ0n) is 12.5. The molecule has 3 rings (SSSR count). The first-order chi connectivity index (χ1) is 10.6. The summed E-state index contributed by atoms with van der Waals surface area (Å²) in [5, 5.41) is 9.58. The van der Waals surface area contributed by atoms with E-state index in [0.29, 0.717) is 23.4 Å². The van der Waals surface area contributed by atoms with Crippen LogP contribution in [0.3, 0.4) is 0 Å². The van der Waals surface area contributed by atoms with Crippen molar-refractivity contribution in [1.82, 2.24) is 4.90 Å². The summed E-state index contributed by atoms with van der Waals surface area (Å²) in [6, 6.07) is 4.79. The Hall–Kier alpha value is -1.13. The number of likely N-dealkylation sites (tertiary alicyclic amines) is 1. The average molecular weight is 326 g/mol. The molecule has 1 aromatic rings. The third-order valence-corrected chi connectivity index (χ3v) is 5.18. The van der Waals surface area contributed by atoms with Gasteiger partial charge in [-0.2, -0.15) is 0 Å². The van der Waals surface area contributed by atoms with Crippen LogP contribution in [0.4, 0.5) is 4.39 Å². The van der Waals surface area contributed by atoms with Crippen molar-refractivity contribution in [3.8, 4) is 0 Å². The molecule has 0 spiro atoms. The van der Waals surface area contributed by atoms with Crippen molar-refractivity contribution in [3.05, 3.63) is 34.6 Å². The first kappa shape index (κ1) is 15.8. The zero-order valence-corrected chi connectivity index (χ0v) is 13.2. The predicted octanol–water partition coefficient (Wildman–Crippen LogP) is 3.35. The highest BCUT2D eigenvalue weighted by atomic mass is 35.5. The summed E-state index contributed by atoms with van der Waals surface area (Å²) in [7, 11) is 0. The van der Waals surface area contributed by atoms with Gasteiger partial charge in [0.15, 0.2) is 0 Å². The fourth-order valence-corrected chi connectivity index (χ4v) is 3.91. The molecule has 1 heterocycles. The number of benzene rings is 1. The number of nitrogens with zero attached hydrogens (tertiary/aromatic N) is 1. The molecule has 1 aromatic carbocycles. The van der Waals surface area contributed by atoms with Crippen LogP contribution in [0.2, 0.25) is 5.02 Å². The molecule has 3 atom stereocenters. The van der Waals surface area contributed by atoms with Crippen LogP contribution in [0, 0.1) is 11.7 Å². The van der Waals surface area contributed by atoms with E-state index in [1.165, 1.54) is 6.07 Å². The van der Waals surface area contributed by atoms with Crippen molar-refractivity contribution in [3.63, 3.8) is 0 Å². The van der Waals surface area contributed by atoms with Gasteiger partial charge in [-0.25, -0.2) is 4.39 Å². The molecule has 1 N–H and O–H groups in total. The van der Waals surface area contributed by atoms with E-state index in [1.54, 1.807) is 12.1 Å². The van der Waals surface area contributed by atoms with E-state index in [4.69, 9.17) is 11.6 Å². The van der Waals surface area contributed by atoms with E-state index in [9.17, 15) is 14.3 Å². The Kier molecular flexibility index (Phi) is 4.69. The quantitative estimate of drug-likeness (QED) is 0.922. The monoisotopic (exact) mass is 325 g/mol. The van der Waals surface area contributed by atoms with Gasteiger partial charge in [0.05, 0.1) is 0 Å². The zero-order chi connectivity index (χ0) is 15.7. The summed E-state index contributed by atoms with van der Waals surface area (Å²) in [6.07, 6.45) is 4.35. The Morgan fingerprint density at radius 2 is 2.23 bits per heavy atom. The average Bonchev–Trinajstić information content (AvgIpc) is 3.28. The number of amides is 1. The summed E-state index contributed by atoms with van der Waals surface area (Å²) >= 11 is 6.10. The molecule has 0 bridgehead atoms. The third-order valence-electron chi connectivity index (χ3n) is 4.85. The fraction of sp³-hybridized carbons (Fsp3) is 0.588. The summed E-state index contributed by atoms with van der Waals surface area (Å²) in [6.45, 7) is 0.847. The van der Waals surface area contributed by atoms with Gasteiger partial charge in [0, 0.05) is 41.6 Å². The SMILES string of the molecule is O=C(C1CC1c1c(F)cccc1Cl)N1CCCCC1CCO. The minimum atomic E-state index is -0.321. The Bertz CT molecular complexity index is 543. The Labute approximate surface area is 135 Å². The molecule has 0 aromatic heterocycles. The lowest BCUT2D eigenvalue weighted by atomic mass is 9.98. The highest BCUT2D eigenvalue weighted by Gasteiger charge is 2.48. The number of hydrogen-bond donors (Lipinski definition) is 1. The van der Waals surface area contributed by atoms with Crippen LogP contribution < -0.4 is 0 Å². The van der Waals surface area contributed by atoms with E-state index >= 15 is 0 Å². The predicted molar refractivity (Wildman–Crippen MR) is 83.3 cm³/mol. The molecular formula is C17H21ClFNO2. The number of carbonyl (C=O) groups excluding carboxylic acids is 1. The van der Waals surface area contributed by atoms with Gasteiger partial charge in [0.25, 0.3) is 0 Å². The van der Waals surface area contributed by atoms with E-state index in [0.717, 1.165) is 25.8 Å². The number of piperidine rings is 1. The normalized spacial score (nSPS) is 27.8. The fourth-order valence-electron chi connectivity index (χ4n) is 3.60. The molecule has 1 saturated heterocycles. The minimum absolute atomic E-state index is 0.0989. The molecule has 3 unspecified atom stereocenters. The summed E-state index contributed by atoms with van der Waals surface area (Å²) in [5.41, 5.74) is 0.484. The maximum absolute atomic E-state index is 14.0. The lowest BCUT2D eigenvalue weighted by molar-refractivity contribution is -0.136. The minimum Gasteiger partial charge on any atom is -0.396 e. The molecule has 120 valence electrons. The van der Waals surface area contributed by atoms with Crippen LogP contribution in [0.1, 0.15) is 43.6 Å². The van der Waals surface area contributed by atoms with Crippen molar-refractivity contribution in [2.45, 2.75) is 44.1 Å². The van der Waals surface area contributed by atoms with E-state index in [1.807, 2.05) is 4.90 Å². The Morgan fingerprint density at radius 3 is 2.95 bits per heavy atom. The number of halogens is 2. The van der Waals surface area contributed by atoms with Crippen LogP contribution in [-0.4, -0.2) is 35.1 Å². The highest BCUT2D eigenvalue weighted by molar-refractivity contribution is 6.31. The molecule has 0 radical (unpaired) electrons. The number of aliphatic hydroxyl groups excluding tert-OH is 1. The summed E-state index contributed by atoms with van der Waals surface area (Å²) in [4.78, 5) is 14.6. The second-order valence-corrected chi connectivity index (χ2v) is 6.68. The molecule has 1 aliphatic heterocycles. The van der Waals surface area contributed by atoms with Crippen LogP contribution in [0.25, 0.3) is 0 Å². The van der Waals surface area contributed by atoms with Crippen molar-refractivity contribution < 1.29 is 14.3 Å². The van der Waals surface area contributed by atoms with Crippen molar-refractivity contribution in [2.24, 2.45) is 5.92 Å². The van der Waals surface area contributed by atoms with E-state index < -0.39 is 0 Å². The molecule has 22 heavy (non-hydrogen) atoms. The van der Waals surface area contributed by atoms with E-state index in [2.05, 4.69) is 0 Å². The van der Waals surface area contributed by atoms with Crippen molar-refractivity contribution in [1.29, 1.82) is 0 Å². The number of rotatable bonds is 4. The second-order valence-electron chi connectivity index (χ2n) is 6.28. The molecule has 1 aliphatic carbocycles. The molecular weight excluding hydrogens is 305 g/mol. The summed E-state index contributed by atoms with van der Waals surface area (Å²) < 4.78 is 14.0. The van der Waals surface area contributed by atoms with Gasteiger partial charge in [0.2, 0.25) is 5.91 Å². The third kappa shape index (κ3) is 2.99.